The summed E-state index contributed by atoms with van der Waals surface area (Å²) in [6.45, 7) is 1.48. The van der Waals surface area contributed by atoms with Gasteiger partial charge in [0.25, 0.3) is 15.7 Å². The molecule has 0 radical (unpaired) electrons. The molecular weight excluding hydrogens is 363 g/mol. The molecule has 0 saturated heterocycles. The Labute approximate surface area is 180 Å². The van der Waals surface area contributed by atoms with E-state index in [-0.39, 0.29) is 73.2 Å². The van der Waals surface area contributed by atoms with E-state index in [1.165, 1.54) is 43.3 Å². The van der Waals surface area contributed by atoms with E-state index in [9.17, 15) is 28.4 Å². The third-order valence-corrected chi connectivity index (χ3v) is 4.44. The van der Waals surface area contributed by atoms with E-state index in [2.05, 4.69) is 4.72 Å². The predicted molar refractivity (Wildman–Crippen MR) is 79.4 cm³/mol. The number of rotatable bonds is 5. The third kappa shape index (κ3) is 4.62. The summed E-state index contributed by atoms with van der Waals surface area (Å²) in [4.78, 5) is 20.9. The number of carboxylic acid groups (broad SMARTS) is 1. The first-order valence-electron chi connectivity index (χ1n) is 6.30. The third-order valence-electron chi connectivity index (χ3n) is 3.08. The molecule has 0 spiro atoms. The Morgan fingerprint density at radius 1 is 1.17 bits per heavy atom. The number of nitro benzene ring substituents is 1. The van der Waals surface area contributed by atoms with E-state index in [0.717, 1.165) is 6.07 Å². The van der Waals surface area contributed by atoms with E-state index in [1.54, 1.807) is 0 Å². The quantitative estimate of drug-likeness (QED) is 0.369. The van der Waals surface area contributed by atoms with Crippen LogP contribution in [0.5, 0.6) is 0 Å². The summed E-state index contributed by atoms with van der Waals surface area (Å²) in [6.07, 6.45) is 0. The van der Waals surface area contributed by atoms with Crippen LogP contribution in [-0.4, -0.2) is 19.3 Å². The molecule has 120 valence electrons. The summed E-state index contributed by atoms with van der Waals surface area (Å²) in [5, 5.41) is 21.9. The fourth-order valence-corrected chi connectivity index (χ4v) is 3.01. The van der Waals surface area contributed by atoms with Crippen molar-refractivity contribution in [1.82, 2.24) is 0 Å². The number of carbonyl (C=O) groups excluding carboxylic acids is 1. The van der Waals surface area contributed by atoms with Gasteiger partial charge in [0, 0.05) is 17.2 Å². The summed E-state index contributed by atoms with van der Waals surface area (Å²) in [7, 11) is -4.19. The first kappa shape index (κ1) is 20.7. The van der Waals surface area contributed by atoms with Gasteiger partial charge in [0.15, 0.2) is 0 Å². The molecule has 0 aliphatic heterocycles. The number of aromatic carboxylic acids is 1. The van der Waals surface area contributed by atoms with Crippen molar-refractivity contribution >= 4 is 27.4 Å². The molecule has 10 heteroatoms. The Balaban J connectivity index is 0.00000288. The molecule has 0 aliphatic rings. The molecule has 24 heavy (non-hydrogen) atoms. The Morgan fingerprint density at radius 3 is 2.38 bits per heavy atom. The van der Waals surface area contributed by atoms with Crippen LogP contribution in [0.1, 0.15) is 15.9 Å². The second-order valence-corrected chi connectivity index (χ2v) is 6.33. The maximum absolute atomic E-state index is 12.3. The summed E-state index contributed by atoms with van der Waals surface area (Å²) in [5.41, 5.74) is -0.557. The monoisotopic (exact) mass is 374 g/mol. The molecule has 2 rings (SSSR count). The second kappa shape index (κ2) is 8.18. The minimum Gasteiger partial charge on any atom is -0.545 e. The average Bonchev–Trinajstić information content (AvgIpc) is 2.47. The zero-order valence-electron chi connectivity index (χ0n) is 12.8. The largest absolute Gasteiger partial charge is 1.00 e. The number of nitrogens with one attached hydrogen (secondary N) is 1. The first-order valence-corrected chi connectivity index (χ1v) is 7.79. The topological polar surface area (TPSA) is 129 Å². The number of carbonyl (C=O) groups is 1. The molecule has 0 heterocycles. The van der Waals surface area contributed by atoms with Crippen molar-refractivity contribution in [3.05, 3.63) is 63.7 Å². The number of anilines is 1. The van der Waals surface area contributed by atoms with Gasteiger partial charge in [-0.2, -0.15) is 0 Å². The molecule has 0 bridgehead atoms. The maximum atomic E-state index is 12.3. The number of benzene rings is 2. The van der Waals surface area contributed by atoms with Crippen molar-refractivity contribution in [2.45, 2.75) is 11.8 Å². The molecule has 8 nitrogen and oxygen atoms in total. The van der Waals surface area contributed by atoms with Gasteiger partial charge >= 0.3 is 51.4 Å². The van der Waals surface area contributed by atoms with Gasteiger partial charge in [0.2, 0.25) is 0 Å². The van der Waals surface area contributed by atoms with Crippen molar-refractivity contribution < 1.29 is 74.6 Å². The van der Waals surface area contributed by atoms with Gasteiger partial charge in [-0.1, -0.05) is 24.3 Å². The molecule has 0 aliphatic carbocycles. The molecule has 0 atom stereocenters. The Bertz CT molecular complexity index is 898. The van der Waals surface area contributed by atoms with E-state index in [4.69, 9.17) is 0 Å². The van der Waals surface area contributed by atoms with Crippen LogP contribution in [0.3, 0.4) is 0 Å². The molecular formula is C14H11KN2O6S. The number of aryl methyl sites for hydroxylation is 1. The summed E-state index contributed by atoms with van der Waals surface area (Å²) in [6, 6.07) is 8.72. The van der Waals surface area contributed by atoms with E-state index >= 15 is 0 Å². The molecule has 2 aromatic rings. The fourth-order valence-electron chi connectivity index (χ4n) is 1.91. The van der Waals surface area contributed by atoms with Gasteiger partial charge in [-0.05, 0) is 19.1 Å². The van der Waals surface area contributed by atoms with Crippen LogP contribution in [0.2, 0.25) is 0 Å². The number of nitro groups is 1. The molecule has 2 aromatic carbocycles. The van der Waals surface area contributed by atoms with Gasteiger partial charge in [0.05, 0.1) is 21.5 Å². The first-order chi connectivity index (χ1) is 10.7. The Hall–Kier alpha value is -1.30. The van der Waals surface area contributed by atoms with Crippen molar-refractivity contribution in [1.29, 1.82) is 0 Å². The summed E-state index contributed by atoms with van der Waals surface area (Å²) in [5.74, 6) is -1.54. The van der Waals surface area contributed by atoms with Gasteiger partial charge in [0.1, 0.15) is 0 Å². The number of hydrogen-bond donors (Lipinski definition) is 1. The van der Waals surface area contributed by atoms with Crippen molar-refractivity contribution in [2.75, 3.05) is 4.72 Å². The van der Waals surface area contributed by atoms with Crippen LogP contribution in [0.15, 0.2) is 47.4 Å². The number of carboxylic acids is 1. The van der Waals surface area contributed by atoms with E-state index in [0.29, 0.717) is 5.56 Å². The number of hydrogen-bond acceptors (Lipinski definition) is 6. The fraction of sp³-hybridized carbons (Fsp3) is 0.0714. The van der Waals surface area contributed by atoms with Crippen LogP contribution >= 0.6 is 0 Å². The maximum Gasteiger partial charge on any atom is 1.00 e. The molecule has 0 fully saturated rings. The molecule has 0 saturated carbocycles. The number of para-hydroxylation sites is 1. The average molecular weight is 374 g/mol. The standard InChI is InChI=1S/C14H12N2O6S.K/c1-9-6-7-10(8-13(9)16(19)20)23(21,22)15-12-5-3-2-4-11(12)14(17)18;/h2-8,15H,1H3,(H,17,18);/q;+1/p-1. The molecule has 0 amide bonds. The van der Waals surface area contributed by atoms with Crippen LogP contribution < -0.4 is 61.2 Å². The molecule has 1 N–H and O–H groups in total. The van der Waals surface area contributed by atoms with Crippen molar-refractivity contribution in [2.24, 2.45) is 0 Å². The summed E-state index contributed by atoms with van der Waals surface area (Å²) >= 11 is 0. The second-order valence-electron chi connectivity index (χ2n) is 4.64. The smallest absolute Gasteiger partial charge is 0.545 e. The van der Waals surface area contributed by atoms with Crippen LogP contribution in [0, 0.1) is 17.0 Å². The normalized spacial score (nSPS) is 10.5. The molecule has 0 unspecified atom stereocenters. The van der Waals surface area contributed by atoms with Gasteiger partial charge < -0.3 is 9.90 Å². The van der Waals surface area contributed by atoms with Crippen LogP contribution in [0.4, 0.5) is 11.4 Å². The van der Waals surface area contributed by atoms with Gasteiger partial charge in [-0.25, -0.2) is 8.42 Å². The predicted octanol–water partition coefficient (Wildman–Crippen LogP) is -1.93. The zero-order valence-corrected chi connectivity index (χ0v) is 16.8. The van der Waals surface area contributed by atoms with E-state index < -0.39 is 20.9 Å². The Kier molecular flexibility index (Phi) is 7.07. The molecule has 0 aromatic heterocycles. The van der Waals surface area contributed by atoms with Crippen LogP contribution in [-0.2, 0) is 10.0 Å². The van der Waals surface area contributed by atoms with Gasteiger partial charge in [-0.3, -0.25) is 14.8 Å². The Morgan fingerprint density at radius 2 is 1.79 bits per heavy atom. The van der Waals surface area contributed by atoms with Crippen molar-refractivity contribution in [3.63, 3.8) is 0 Å². The van der Waals surface area contributed by atoms with Crippen molar-refractivity contribution in [3.8, 4) is 0 Å². The SMILES string of the molecule is Cc1ccc(S(=O)(=O)Nc2ccccc2C(=O)[O-])cc1[N+](=O)[O-].[K+]. The van der Waals surface area contributed by atoms with Crippen LogP contribution in [0.25, 0.3) is 0 Å². The zero-order chi connectivity index (χ0) is 17.2. The number of sulfonamides is 1. The van der Waals surface area contributed by atoms with E-state index in [1.807, 2.05) is 0 Å². The summed E-state index contributed by atoms with van der Waals surface area (Å²) < 4.78 is 26.7. The van der Waals surface area contributed by atoms with Gasteiger partial charge in [-0.15, -0.1) is 0 Å². The number of nitrogens with zero attached hydrogens (tertiary/aromatic N) is 1. The minimum atomic E-state index is -4.19. The minimum absolute atomic E-state index is 0.